The highest BCUT2D eigenvalue weighted by atomic mass is 35.5. The lowest BCUT2D eigenvalue weighted by molar-refractivity contribution is -0.151. The van der Waals surface area contributed by atoms with Crippen LogP contribution in [0.25, 0.3) is 0 Å². The Kier molecular flexibility index (Phi) is 6.52. The van der Waals surface area contributed by atoms with Crippen LogP contribution in [0.15, 0.2) is 21.8 Å². The van der Waals surface area contributed by atoms with Gasteiger partial charge >= 0.3 is 5.97 Å². The number of halogens is 1. The highest BCUT2D eigenvalue weighted by Gasteiger charge is 2.54. The van der Waals surface area contributed by atoms with E-state index in [4.69, 9.17) is 11.6 Å². The van der Waals surface area contributed by atoms with E-state index < -0.39 is 29.3 Å². The van der Waals surface area contributed by atoms with E-state index in [-0.39, 0.29) is 11.6 Å². The third kappa shape index (κ3) is 4.14. The first-order valence-electron chi connectivity index (χ1n) is 9.52. The fourth-order valence-corrected chi connectivity index (χ4v) is 6.89. The molecule has 2 N–H and O–H groups in total. The van der Waals surface area contributed by atoms with Crippen LogP contribution in [0, 0.1) is 13.8 Å². The van der Waals surface area contributed by atoms with Gasteiger partial charge < -0.3 is 10.4 Å². The standard InChI is InChI=1S/C18H19ClN6O4S3/c1-7-11(19)4-20-25(7)8(2)14(26)21-12-15(27)24-13(17(28)29)10(5-30-16(12)24)6-31-18-23-22-9(3)32-18/h4,8,12,16H,5-6H2,1-3H3,(H,21,26)(H,28,29). The zero-order chi connectivity index (χ0) is 23.2. The van der Waals surface area contributed by atoms with E-state index in [2.05, 4.69) is 20.6 Å². The van der Waals surface area contributed by atoms with Gasteiger partial charge in [-0.05, 0) is 26.3 Å². The summed E-state index contributed by atoms with van der Waals surface area (Å²) in [4.78, 5) is 38.8. The number of aryl methyl sites for hydroxylation is 1. The molecule has 170 valence electrons. The summed E-state index contributed by atoms with van der Waals surface area (Å²) < 4.78 is 2.23. The number of aromatic nitrogens is 4. The van der Waals surface area contributed by atoms with Gasteiger partial charge in [0.15, 0.2) is 4.34 Å². The topological polar surface area (TPSA) is 130 Å². The summed E-state index contributed by atoms with van der Waals surface area (Å²) in [7, 11) is 0. The number of hydrogen-bond donors (Lipinski definition) is 2. The van der Waals surface area contributed by atoms with Gasteiger partial charge in [-0.25, -0.2) is 4.79 Å². The summed E-state index contributed by atoms with van der Waals surface area (Å²) >= 11 is 10.3. The fourth-order valence-electron chi connectivity index (χ4n) is 3.46. The van der Waals surface area contributed by atoms with Crippen LogP contribution in [0.4, 0.5) is 0 Å². The zero-order valence-corrected chi connectivity index (χ0v) is 20.4. The Bertz CT molecular complexity index is 1130. The quantitative estimate of drug-likeness (QED) is 0.421. The molecule has 2 aliphatic heterocycles. The van der Waals surface area contributed by atoms with Crippen molar-refractivity contribution in [1.29, 1.82) is 0 Å². The second kappa shape index (κ2) is 9.04. The Morgan fingerprint density at radius 1 is 1.41 bits per heavy atom. The molecular formula is C18H19ClN6O4S3. The molecule has 4 rings (SSSR count). The van der Waals surface area contributed by atoms with E-state index in [1.807, 2.05) is 6.92 Å². The normalized spacial score (nSPS) is 21.2. The summed E-state index contributed by atoms with van der Waals surface area (Å²) in [5.41, 5.74) is 1.28. The largest absolute Gasteiger partial charge is 0.477 e. The van der Waals surface area contributed by atoms with Crippen molar-refractivity contribution >= 4 is 64.2 Å². The van der Waals surface area contributed by atoms with Crippen LogP contribution in [0.5, 0.6) is 0 Å². The van der Waals surface area contributed by atoms with Gasteiger partial charge in [0.25, 0.3) is 5.91 Å². The number of fused-ring (bicyclic) bond motifs is 1. The van der Waals surface area contributed by atoms with Gasteiger partial charge in [-0.3, -0.25) is 19.2 Å². The summed E-state index contributed by atoms with van der Waals surface area (Å²) in [6.45, 7) is 5.26. The number of carbonyl (C=O) groups is 3. The lowest BCUT2D eigenvalue weighted by Gasteiger charge is -2.49. The second-order valence-corrected chi connectivity index (χ2v) is 11.1. The van der Waals surface area contributed by atoms with Crippen LogP contribution in [0.3, 0.4) is 0 Å². The third-order valence-electron chi connectivity index (χ3n) is 5.16. The zero-order valence-electron chi connectivity index (χ0n) is 17.2. The molecule has 3 unspecified atom stereocenters. The van der Waals surface area contributed by atoms with Gasteiger partial charge in [-0.1, -0.05) is 34.7 Å². The molecular weight excluding hydrogens is 496 g/mol. The maximum Gasteiger partial charge on any atom is 0.352 e. The van der Waals surface area contributed by atoms with Gasteiger partial charge in [-0.2, -0.15) is 5.10 Å². The van der Waals surface area contributed by atoms with Crippen molar-refractivity contribution in [1.82, 2.24) is 30.2 Å². The summed E-state index contributed by atoms with van der Waals surface area (Å²) in [6.07, 6.45) is 1.46. The highest BCUT2D eigenvalue weighted by molar-refractivity contribution is 8.01. The minimum atomic E-state index is -1.16. The van der Waals surface area contributed by atoms with Crippen LogP contribution >= 0.6 is 46.5 Å². The van der Waals surface area contributed by atoms with E-state index >= 15 is 0 Å². The lowest BCUT2D eigenvalue weighted by Crippen LogP contribution is -2.71. The molecule has 1 fully saturated rings. The molecule has 1 saturated heterocycles. The van der Waals surface area contributed by atoms with Crippen molar-refractivity contribution in [3.8, 4) is 0 Å². The predicted molar refractivity (Wildman–Crippen MR) is 122 cm³/mol. The van der Waals surface area contributed by atoms with Crippen molar-refractivity contribution in [2.45, 2.75) is 42.6 Å². The monoisotopic (exact) mass is 514 g/mol. The summed E-state index contributed by atoms with van der Waals surface area (Å²) in [5, 5.41) is 25.4. The van der Waals surface area contributed by atoms with Crippen LogP contribution in [0.1, 0.15) is 23.7 Å². The molecule has 0 aliphatic carbocycles. The number of aliphatic carboxylic acids is 1. The van der Waals surface area contributed by atoms with Crippen molar-refractivity contribution in [3.63, 3.8) is 0 Å². The number of carboxylic acid groups (broad SMARTS) is 1. The number of β-lactam (4-membered cyclic amide) rings is 1. The van der Waals surface area contributed by atoms with Gasteiger partial charge in [0.05, 0.1) is 16.9 Å². The molecule has 4 heterocycles. The number of rotatable bonds is 7. The predicted octanol–water partition coefficient (Wildman–Crippen LogP) is 2.10. The number of carboxylic acids is 1. The van der Waals surface area contributed by atoms with Crippen molar-refractivity contribution in [3.05, 3.63) is 33.2 Å². The molecule has 2 aromatic rings. The number of carbonyl (C=O) groups excluding carboxylic acids is 2. The molecule has 3 atom stereocenters. The van der Waals surface area contributed by atoms with Crippen LogP contribution in [-0.2, 0) is 14.4 Å². The Labute approximate surface area is 200 Å². The molecule has 0 radical (unpaired) electrons. The average molecular weight is 515 g/mol. The highest BCUT2D eigenvalue weighted by Crippen LogP contribution is 2.42. The number of nitrogens with zero attached hydrogens (tertiary/aromatic N) is 5. The molecule has 0 spiro atoms. The lowest BCUT2D eigenvalue weighted by atomic mass is 10.0. The minimum absolute atomic E-state index is 0.0132. The molecule has 2 aliphatic rings. The van der Waals surface area contributed by atoms with Gasteiger partial charge in [0, 0.05) is 11.5 Å². The average Bonchev–Trinajstić information content (AvgIpc) is 3.33. The fraction of sp³-hybridized carbons (Fsp3) is 0.444. The Morgan fingerprint density at radius 2 is 2.16 bits per heavy atom. The molecule has 10 nitrogen and oxygen atoms in total. The van der Waals surface area contributed by atoms with E-state index in [1.165, 1.54) is 50.6 Å². The maximum atomic E-state index is 12.8. The third-order valence-corrected chi connectivity index (χ3v) is 8.93. The first-order valence-corrected chi connectivity index (χ1v) is 12.7. The maximum absolute atomic E-state index is 12.8. The second-order valence-electron chi connectivity index (χ2n) is 7.23. The van der Waals surface area contributed by atoms with Crippen molar-refractivity contribution < 1.29 is 19.5 Å². The number of hydrogen-bond acceptors (Lipinski definition) is 9. The van der Waals surface area contributed by atoms with E-state index in [9.17, 15) is 19.5 Å². The molecule has 2 aromatic heterocycles. The minimum Gasteiger partial charge on any atom is -0.477 e. The van der Waals surface area contributed by atoms with Gasteiger partial charge in [0.1, 0.15) is 28.2 Å². The molecule has 0 aromatic carbocycles. The molecule has 2 amide bonds. The summed E-state index contributed by atoms with van der Waals surface area (Å²) in [6, 6.07) is -1.47. The number of thioether (sulfide) groups is 2. The van der Waals surface area contributed by atoms with Crippen molar-refractivity contribution in [2.75, 3.05) is 11.5 Å². The van der Waals surface area contributed by atoms with Gasteiger partial charge in [-0.15, -0.1) is 22.0 Å². The van der Waals surface area contributed by atoms with Gasteiger partial charge in [0.2, 0.25) is 5.91 Å². The van der Waals surface area contributed by atoms with E-state index in [1.54, 1.807) is 13.8 Å². The first kappa shape index (κ1) is 23.1. The van der Waals surface area contributed by atoms with E-state index in [0.29, 0.717) is 27.8 Å². The smallest absolute Gasteiger partial charge is 0.352 e. The molecule has 14 heteroatoms. The Morgan fingerprint density at radius 3 is 2.75 bits per heavy atom. The Hall–Kier alpha value is -2.09. The van der Waals surface area contributed by atoms with Crippen LogP contribution in [0.2, 0.25) is 5.02 Å². The molecule has 32 heavy (non-hydrogen) atoms. The Balaban J connectivity index is 1.46. The van der Waals surface area contributed by atoms with Crippen LogP contribution < -0.4 is 5.32 Å². The van der Waals surface area contributed by atoms with Crippen LogP contribution in [-0.4, -0.2) is 70.7 Å². The molecule has 0 bridgehead atoms. The molecule has 0 saturated carbocycles. The number of nitrogens with one attached hydrogen (secondary N) is 1. The summed E-state index contributed by atoms with van der Waals surface area (Å²) in [5.74, 6) is -1.15. The first-order chi connectivity index (χ1) is 15.2. The number of amides is 2. The SMILES string of the molecule is Cc1nnc(SCC2=C(C(=O)O)N3C(=O)C(NC(=O)C(C)n4ncc(Cl)c4C)C3SC2)s1. The van der Waals surface area contributed by atoms with Crippen molar-refractivity contribution in [2.24, 2.45) is 0 Å². The van der Waals surface area contributed by atoms with E-state index in [0.717, 1.165) is 9.35 Å².